The molecule has 6 nitrogen and oxygen atoms in total. The van der Waals surface area contributed by atoms with E-state index in [9.17, 15) is 13.2 Å². The average Bonchev–Trinajstić information content (AvgIpc) is 2.74. The Kier molecular flexibility index (Phi) is 8.22. The van der Waals surface area contributed by atoms with Crippen LogP contribution in [0.5, 0.6) is 5.75 Å². The first-order valence-electron chi connectivity index (χ1n) is 9.92. The molecule has 0 aliphatic heterocycles. The van der Waals surface area contributed by atoms with Crippen molar-refractivity contribution in [3.63, 3.8) is 0 Å². The second kappa shape index (κ2) is 10.4. The lowest BCUT2D eigenvalue weighted by atomic mass is 10.0. The number of rotatable bonds is 10. The maximum atomic E-state index is 13.0. The number of carbonyl (C=O) groups excluding carboxylic acids is 1. The monoisotopic (exact) mass is 418 g/mol. The second-order valence-corrected chi connectivity index (χ2v) is 8.59. The third-order valence-electron chi connectivity index (χ3n) is 4.83. The van der Waals surface area contributed by atoms with Crippen LogP contribution >= 0.6 is 0 Å². The third-order valence-corrected chi connectivity index (χ3v) is 6.90. The lowest BCUT2D eigenvalue weighted by Crippen LogP contribution is -2.32. The van der Waals surface area contributed by atoms with E-state index in [0.717, 1.165) is 18.4 Å². The summed E-state index contributed by atoms with van der Waals surface area (Å²) in [6, 6.07) is 14.1. The smallest absolute Gasteiger partial charge is 0.251 e. The molecular weight excluding hydrogens is 388 g/mol. The lowest BCUT2D eigenvalue weighted by molar-refractivity contribution is 0.0934. The highest BCUT2D eigenvalue weighted by Crippen LogP contribution is 2.28. The van der Waals surface area contributed by atoms with Crippen LogP contribution in [-0.4, -0.2) is 38.8 Å². The van der Waals surface area contributed by atoms with Crippen molar-refractivity contribution in [3.05, 3.63) is 59.7 Å². The lowest BCUT2D eigenvalue weighted by Gasteiger charge is -2.21. The zero-order valence-corrected chi connectivity index (χ0v) is 18.3. The van der Waals surface area contributed by atoms with Crippen LogP contribution in [0.15, 0.2) is 53.4 Å². The first-order valence-corrected chi connectivity index (χ1v) is 11.4. The number of amides is 1. The Labute approximate surface area is 173 Å². The fraction of sp³-hybridized carbons (Fsp3) is 0.409. The summed E-state index contributed by atoms with van der Waals surface area (Å²) in [6.07, 6.45) is 1.69. The molecule has 1 atom stereocenters. The number of nitrogens with zero attached hydrogens (tertiary/aromatic N) is 1. The SMILES string of the molecule is CCCC(NC(=O)c1ccc(OC)c(S(=O)(=O)N(CC)CC)c1)c1ccccc1. The Morgan fingerprint density at radius 3 is 2.28 bits per heavy atom. The van der Waals surface area contributed by atoms with Crippen LogP contribution in [-0.2, 0) is 10.0 Å². The summed E-state index contributed by atoms with van der Waals surface area (Å²) in [7, 11) is -2.34. The standard InChI is InChI=1S/C22H30N2O4S/c1-5-11-19(17-12-9-8-10-13-17)23-22(25)18-14-15-20(28-4)21(16-18)29(26,27)24(6-2)7-3/h8-10,12-16,19H,5-7,11H2,1-4H3,(H,23,25). The van der Waals surface area contributed by atoms with E-state index in [1.807, 2.05) is 30.3 Å². The van der Waals surface area contributed by atoms with E-state index in [1.54, 1.807) is 19.9 Å². The van der Waals surface area contributed by atoms with Crippen molar-refractivity contribution < 1.29 is 17.9 Å². The summed E-state index contributed by atoms with van der Waals surface area (Å²) in [6.45, 7) is 6.29. The summed E-state index contributed by atoms with van der Waals surface area (Å²) in [4.78, 5) is 12.9. The molecule has 158 valence electrons. The molecule has 0 heterocycles. The van der Waals surface area contributed by atoms with E-state index in [1.165, 1.54) is 23.5 Å². The number of sulfonamides is 1. The highest BCUT2D eigenvalue weighted by atomic mass is 32.2. The highest BCUT2D eigenvalue weighted by molar-refractivity contribution is 7.89. The second-order valence-electron chi connectivity index (χ2n) is 6.68. The van der Waals surface area contributed by atoms with Crippen LogP contribution in [0.2, 0.25) is 0 Å². The fourth-order valence-electron chi connectivity index (χ4n) is 3.26. The highest BCUT2D eigenvalue weighted by Gasteiger charge is 2.27. The molecule has 0 radical (unpaired) electrons. The average molecular weight is 419 g/mol. The van der Waals surface area contributed by atoms with E-state index in [0.29, 0.717) is 13.1 Å². The Bertz CT molecular complexity index is 910. The molecule has 0 aromatic heterocycles. The normalized spacial score (nSPS) is 12.6. The number of carbonyl (C=O) groups is 1. The molecule has 0 fully saturated rings. The third kappa shape index (κ3) is 5.36. The van der Waals surface area contributed by atoms with Crippen molar-refractivity contribution in [2.24, 2.45) is 0 Å². The van der Waals surface area contributed by atoms with Crippen molar-refractivity contribution in [1.29, 1.82) is 0 Å². The molecule has 1 amide bonds. The van der Waals surface area contributed by atoms with Gasteiger partial charge in [-0.3, -0.25) is 4.79 Å². The zero-order chi connectivity index (χ0) is 21.4. The molecule has 1 N–H and O–H groups in total. The minimum absolute atomic E-state index is 0.00287. The van der Waals surface area contributed by atoms with Crippen molar-refractivity contribution in [1.82, 2.24) is 9.62 Å². The topological polar surface area (TPSA) is 75.7 Å². The van der Waals surface area contributed by atoms with Gasteiger partial charge in [0.25, 0.3) is 5.91 Å². The van der Waals surface area contributed by atoms with Crippen molar-refractivity contribution in [2.45, 2.75) is 44.6 Å². The molecule has 2 rings (SSSR count). The maximum absolute atomic E-state index is 13.0. The number of methoxy groups -OCH3 is 1. The quantitative estimate of drug-likeness (QED) is 0.633. The zero-order valence-electron chi connectivity index (χ0n) is 17.5. The van der Waals surface area contributed by atoms with E-state index < -0.39 is 10.0 Å². The van der Waals surface area contributed by atoms with Gasteiger partial charge in [-0.05, 0) is 30.2 Å². The molecule has 29 heavy (non-hydrogen) atoms. The Balaban J connectivity index is 2.38. The minimum atomic E-state index is -3.76. The molecule has 2 aromatic carbocycles. The molecular formula is C22H30N2O4S. The number of nitrogens with one attached hydrogen (secondary N) is 1. The number of ether oxygens (including phenoxy) is 1. The van der Waals surface area contributed by atoms with Gasteiger partial charge in [-0.2, -0.15) is 4.31 Å². The van der Waals surface area contributed by atoms with Crippen LogP contribution in [0.3, 0.4) is 0 Å². The van der Waals surface area contributed by atoms with Crippen LogP contribution < -0.4 is 10.1 Å². The van der Waals surface area contributed by atoms with Crippen LogP contribution in [0, 0.1) is 0 Å². The van der Waals surface area contributed by atoms with Crippen LogP contribution in [0.4, 0.5) is 0 Å². The Hall–Kier alpha value is -2.38. The van der Waals surface area contributed by atoms with E-state index in [2.05, 4.69) is 12.2 Å². The van der Waals surface area contributed by atoms with E-state index in [4.69, 9.17) is 4.74 Å². The molecule has 0 saturated heterocycles. The van der Waals surface area contributed by atoms with Gasteiger partial charge in [0.1, 0.15) is 10.6 Å². The molecule has 0 aliphatic carbocycles. The van der Waals surface area contributed by atoms with Crippen LogP contribution in [0.1, 0.15) is 55.6 Å². The van der Waals surface area contributed by atoms with Crippen molar-refractivity contribution >= 4 is 15.9 Å². The molecule has 2 aromatic rings. The van der Waals surface area contributed by atoms with E-state index in [-0.39, 0.29) is 28.2 Å². The van der Waals surface area contributed by atoms with Gasteiger partial charge in [0.15, 0.2) is 0 Å². The van der Waals surface area contributed by atoms with Crippen molar-refractivity contribution in [3.8, 4) is 5.75 Å². The van der Waals surface area contributed by atoms with Gasteiger partial charge in [0.05, 0.1) is 13.2 Å². The van der Waals surface area contributed by atoms with Gasteiger partial charge in [0.2, 0.25) is 10.0 Å². The van der Waals surface area contributed by atoms with Crippen molar-refractivity contribution in [2.75, 3.05) is 20.2 Å². The maximum Gasteiger partial charge on any atom is 0.251 e. The molecule has 0 aliphatic rings. The van der Waals surface area contributed by atoms with Gasteiger partial charge >= 0.3 is 0 Å². The predicted molar refractivity (Wildman–Crippen MR) is 115 cm³/mol. The minimum Gasteiger partial charge on any atom is -0.495 e. The summed E-state index contributed by atoms with van der Waals surface area (Å²) in [5.41, 5.74) is 1.31. The Morgan fingerprint density at radius 2 is 1.72 bits per heavy atom. The number of hydrogen-bond acceptors (Lipinski definition) is 4. The Morgan fingerprint density at radius 1 is 1.07 bits per heavy atom. The first kappa shape index (κ1) is 22.9. The van der Waals surface area contributed by atoms with Gasteiger partial charge in [0, 0.05) is 18.7 Å². The molecule has 1 unspecified atom stereocenters. The van der Waals surface area contributed by atoms with E-state index >= 15 is 0 Å². The van der Waals surface area contributed by atoms with Crippen LogP contribution in [0.25, 0.3) is 0 Å². The predicted octanol–water partition coefficient (Wildman–Crippen LogP) is 4.00. The summed E-state index contributed by atoms with van der Waals surface area (Å²) >= 11 is 0. The molecule has 0 spiro atoms. The van der Waals surface area contributed by atoms with Gasteiger partial charge < -0.3 is 10.1 Å². The summed E-state index contributed by atoms with van der Waals surface area (Å²) < 4.78 is 32.6. The molecule has 0 saturated carbocycles. The number of benzene rings is 2. The first-order chi connectivity index (χ1) is 13.9. The van der Waals surface area contributed by atoms with Gasteiger partial charge in [-0.15, -0.1) is 0 Å². The molecule has 7 heteroatoms. The summed E-state index contributed by atoms with van der Waals surface area (Å²) in [5, 5.41) is 3.04. The largest absolute Gasteiger partial charge is 0.495 e. The van der Waals surface area contributed by atoms with Gasteiger partial charge in [-0.25, -0.2) is 8.42 Å². The molecule has 0 bridgehead atoms. The number of hydrogen-bond donors (Lipinski definition) is 1. The fourth-order valence-corrected chi connectivity index (χ4v) is 4.90. The summed E-state index contributed by atoms with van der Waals surface area (Å²) in [5.74, 6) is -0.0902. The van der Waals surface area contributed by atoms with Gasteiger partial charge in [-0.1, -0.05) is 57.5 Å².